The predicted octanol–water partition coefficient (Wildman–Crippen LogP) is 3.34. The van der Waals surface area contributed by atoms with E-state index in [2.05, 4.69) is 15.0 Å². The maximum absolute atomic E-state index is 6.09. The van der Waals surface area contributed by atoms with Crippen molar-refractivity contribution in [2.75, 3.05) is 18.1 Å². The third-order valence-electron chi connectivity index (χ3n) is 4.02. The number of ether oxygens (including phenoxy) is 1. The Hall–Kier alpha value is -3.28. The third-order valence-corrected chi connectivity index (χ3v) is 4.02. The van der Waals surface area contributed by atoms with Gasteiger partial charge in [0.25, 0.3) is 0 Å². The molecule has 0 bridgehead atoms. The number of para-hydroxylation sites is 1. The van der Waals surface area contributed by atoms with Crippen molar-refractivity contribution in [1.82, 2.24) is 15.0 Å². The van der Waals surface area contributed by atoms with Crippen LogP contribution in [0.3, 0.4) is 0 Å². The van der Waals surface area contributed by atoms with Crippen LogP contribution in [-0.2, 0) is 0 Å². The van der Waals surface area contributed by atoms with Gasteiger partial charge in [0.05, 0.1) is 17.6 Å². The molecule has 4 rings (SSSR count). The lowest BCUT2D eigenvalue weighted by molar-refractivity contribution is 0.341. The van der Waals surface area contributed by atoms with Crippen molar-refractivity contribution in [2.24, 2.45) is 0 Å². The van der Waals surface area contributed by atoms with Gasteiger partial charge in [-0.05, 0) is 25.1 Å². The molecule has 0 aliphatic carbocycles. The Balaban J connectivity index is 2.11. The van der Waals surface area contributed by atoms with Crippen molar-refractivity contribution in [2.45, 2.75) is 6.92 Å². The molecule has 0 spiro atoms. The Morgan fingerprint density at radius 1 is 1.12 bits per heavy atom. The fourth-order valence-electron chi connectivity index (χ4n) is 3.08. The van der Waals surface area contributed by atoms with Gasteiger partial charge in [0.1, 0.15) is 11.6 Å². The van der Waals surface area contributed by atoms with E-state index in [-0.39, 0.29) is 5.95 Å². The lowest BCUT2D eigenvalue weighted by atomic mass is 9.99. The van der Waals surface area contributed by atoms with Crippen molar-refractivity contribution in [1.29, 1.82) is 0 Å². The van der Waals surface area contributed by atoms with Crippen molar-refractivity contribution >= 4 is 33.6 Å². The number of anilines is 2. The molecule has 2 heterocycles. The average Bonchev–Trinajstić information content (AvgIpc) is 3.03. The Labute approximate surface area is 138 Å². The molecule has 5 N–H and O–H groups in total. The van der Waals surface area contributed by atoms with E-state index >= 15 is 0 Å². The molecule has 2 aromatic heterocycles. The molecule has 24 heavy (non-hydrogen) atoms. The number of nitrogens with zero attached hydrogens (tertiary/aromatic N) is 2. The summed E-state index contributed by atoms with van der Waals surface area (Å²) < 4.78 is 5.78. The summed E-state index contributed by atoms with van der Waals surface area (Å²) >= 11 is 0. The van der Waals surface area contributed by atoms with E-state index in [1.54, 1.807) is 6.20 Å². The first kappa shape index (κ1) is 14.3. The van der Waals surface area contributed by atoms with Crippen LogP contribution >= 0.6 is 0 Å². The third kappa shape index (κ3) is 2.11. The quantitative estimate of drug-likeness (QED) is 0.537. The van der Waals surface area contributed by atoms with Crippen LogP contribution in [0.25, 0.3) is 32.9 Å². The maximum atomic E-state index is 6.09. The monoisotopic (exact) mass is 319 g/mol. The number of aromatic amines is 1. The molecule has 0 aliphatic rings. The molecule has 0 unspecified atom stereocenters. The highest BCUT2D eigenvalue weighted by atomic mass is 16.5. The highest BCUT2D eigenvalue weighted by Gasteiger charge is 2.16. The molecule has 0 saturated carbocycles. The van der Waals surface area contributed by atoms with Gasteiger partial charge >= 0.3 is 0 Å². The number of aromatic nitrogens is 3. The maximum Gasteiger partial charge on any atom is 0.199 e. The highest BCUT2D eigenvalue weighted by molar-refractivity contribution is 6.15. The van der Waals surface area contributed by atoms with Gasteiger partial charge in [-0.2, -0.15) is 4.98 Å². The predicted molar refractivity (Wildman–Crippen MR) is 96.8 cm³/mol. The molecule has 0 radical (unpaired) electrons. The summed E-state index contributed by atoms with van der Waals surface area (Å²) in [7, 11) is 0. The summed E-state index contributed by atoms with van der Waals surface area (Å²) in [6.07, 6.45) is 1.77. The van der Waals surface area contributed by atoms with Crippen LogP contribution in [-0.4, -0.2) is 21.6 Å². The largest absolute Gasteiger partial charge is 0.493 e. The SMILES string of the molecule is CCOc1ccccc1-c1cc2[nH]c(N)nc(N)c2c2ccnc12. The molecular formula is C18H17N5O. The van der Waals surface area contributed by atoms with Crippen LogP contribution in [0.1, 0.15) is 6.92 Å². The van der Waals surface area contributed by atoms with E-state index in [4.69, 9.17) is 16.2 Å². The Morgan fingerprint density at radius 2 is 1.96 bits per heavy atom. The molecule has 2 aromatic carbocycles. The first-order valence-corrected chi connectivity index (χ1v) is 7.73. The summed E-state index contributed by atoms with van der Waals surface area (Å²) in [4.78, 5) is 11.7. The van der Waals surface area contributed by atoms with Gasteiger partial charge in [0.2, 0.25) is 0 Å². The number of nitrogens with two attached hydrogens (primary N) is 2. The van der Waals surface area contributed by atoms with Gasteiger partial charge in [-0.15, -0.1) is 0 Å². The van der Waals surface area contributed by atoms with Gasteiger partial charge in [-0.25, -0.2) is 0 Å². The van der Waals surface area contributed by atoms with Crippen molar-refractivity contribution in [3.05, 3.63) is 42.6 Å². The summed E-state index contributed by atoms with van der Waals surface area (Å²) in [6.45, 7) is 2.56. The summed E-state index contributed by atoms with van der Waals surface area (Å²) in [5.41, 5.74) is 15.5. The molecule has 0 atom stereocenters. The van der Waals surface area contributed by atoms with Gasteiger partial charge < -0.3 is 21.2 Å². The highest BCUT2D eigenvalue weighted by Crippen LogP contribution is 2.39. The standard InChI is InChI=1S/C18H17N5O/c1-2-24-14-6-4-3-5-10(14)12-9-13-15(11-7-8-21-16(11)12)17(19)23-18(20)22-13/h3-9H,2,19H2,1H3,(H3,20,22,23). The second kappa shape index (κ2) is 5.42. The van der Waals surface area contributed by atoms with Crippen LogP contribution in [0.4, 0.5) is 11.8 Å². The van der Waals surface area contributed by atoms with E-state index in [0.29, 0.717) is 12.4 Å². The van der Waals surface area contributed by atoms with Gasteiger partial charge in [0, 0.05) is 28.1 Å². The molecule has 0 saturated heterocycles. The number of hydrogen-bond donors (Lipinski definition) is 3. The Bertz CT molecular complexity index is 1050. The summed E-state index contributed by atoms with van der Waals surface area (Å²) in [5.74, 6) is 1.49. The zero-order valence-corrected chi connectivity index (χ0v) is 13.2. The first-order chi connectivity index (χ1) is 11.7. The zero-order valence-electron chi connectivity index (χ0n) is 13.2. The van der Waals surface area contributed by atoms with Crippen LogP contribution in [0.15, 0.2) is 42.6 Å². The van der Waals surface area contributed by atoms with E-state index < -0.39 is 0 Å². The average molecular weight is 319 g/mol. The normalized spacial score (nSPS) is 11.2. The van der Waals surface area contributed by atoms with Gasteiger partial charge in [-0.1, -0.05) is 18.2 Å². The molecule has 0 amide bonds. The number of H-pyrrole nitrogens is 1. The zero-order chi connectivity index (χ0) is 16.7. The van der Waals surface area contributed by atoms with E-state index in [0.717, 1.165) is 38.7 Å². The lowest BCUT2D eigenvalue weighted by Crippen LogP contribution is -2.01. The molecule has 4 aromatic rings. The van der Waals surface area contributed by atoms with Gasteiger partial charge in [-0.3, -0.25) is 4.98 Å². The van der Waals surface area contributed by atoms with Crippen LogP contribution in [0.5, 0.6) is 5.75 Å². The smallest absolute Gasteiger partial charge is 0.199 e. The van der Waals surface area contributed by atoms with E-state index in [1.807, 2.05) is 43.3 Å². The van der Waals surface area contributed by atoms with Crippen molar-refractivity contribution < 1.29 is 4.74 Å². The number of rotatable bonds is 3. The molecule has 0 aliphatic heterocycles. The molecule has 120 valence electrons. The molecule has 0 fully saturated rings. The first-order valence-electron chi connectivity index (χ1n) is 7.73. The fourth-order valence-corrected chi connectivity index (χ4v) is 3.08. The van der Waals surface area contributed by atoms with Crippen molar-refractivity contribution in [3.8, 4) is 16.9 Å². The molecule has 6 heteroatoms. The number of hydrogen-bond acceptors (Lipinski definition) is 5. The minimum atomic E-state index is 0.280. The Morgan fingerprint density at radius 3 is 2.79 bits per heavy atom. The minimum absolute atomic E-state index is 0.280. The van der Waals surface area contributed by atoms with Crippen LogP contribution in [0, 0.1) is 0 Å². The summed E-state index contributed by atoms with van der Waals surface area (Å²) in [6, 6.07) is 11.8. The summed E-state index contributed by atoms with van der Waals surface area (Å²) in [5, 5.41) is 1.77. The second-order valence-electron chi connectivity index (χ2n) is 5.49. The minimum Gasteiger partial charge on any atom is -0.493 e. The molecular weight excluding hydrogens is 302 g/mol. The van der Waals surface area contributed by atoms with Gasteiger partial charge in [0.15, 0.2) is 5.95 Å². The Kier molecular flexibility index (Phi) is 3.23. The number of benzene rings is 2. The van der Waals surface area contributed by atoms with E-state index in [1.165, 1.54) is 0 Å². The number of nitrogens with one attached hydrogen (secondary N) is 1. The lowest BCUT2D eigenvalue weighted by Gasteiger charge is -2.13. The topological polar surface area (TPSA) is 103 Å². The fraction of sp³-hybridized carbons (Fsp3) is 0.111. The van der Waals surface area contributed by atoms with Crippen molar-refractivity contribution in [3.63, 3.8) is 0 Å². The number of fused-ring (bicyclic) bond motifs is 3. The van der Waals surface area contributed by atoms with Crippen LogP contribution in [0.2, 0.25) is 0 Å². The van der Waals surface area contributed by atoms with Crippen LogP contribution < -0.4 is 16.2 Å². The number of nitrogen functional groups attached to an aromatic ring is 2. The molecule has 6 nitrogen and oxygen atoms in total. The second-order valence-corrected chi connectivity index (χ2v) is 5.49. The van der Waals surface area contributed by atoms with E-state index in [9.17, 15) is 0 Å².